The number of imidazole rings is 1. The van der Waals surface area contributed by atoms with Gasteiger partial charge in [-0.15, -0.1) is 0 Å². The third-order valence-corrected chi connectivity index (χ3v) is 5.81. The summed E-state index contributed by atoms with van der Waals surface area (Å²) in [7, 11) is 1.68. The average Bonchev–Trinajstić information content (AvgIpc) is 2.98. The molecular formula is C21H23ClFN5O2. The number of aromatic nitrogens is 2. The minimum Gasteiger partial charge on any atom is -0.366 e. The van der Waals surface area contributed by atoms with Crippen LogP contribution in [0, 0.1) is 5.82 Å². The molecule has 1 aliphatic rings. The lowest BCUT2D eigenvalue weighted by Crippen LogP contribution is -2.53. The second-order valence-corrected chi connectivity index (χ2v) is 8.05. The molecule has 30 heavy (non-hydrogen) atoms. The highest BCUT2D eigenvalue weighted by Gasteiger charge is 2.25. The van der Waals surface area contributed by atoms with E-state index in [0.29, 0.717) is 25.3 Å². The molecule has 4 rings (SSSR count). The fourth-order valence-corrected chi connectivity index (χ4v) is 4.05. The summed E-state index contributed by atoms with van der Waals surface area (Å²) in [4.78, 5) is 31.2. The Kier molecular flexibility index (Phi) is 5.53. The van der Waals surface area contributed by atoms with Crippen LogP contribution in [0.4, 0.5) is 15.8 Å². The normalized spacial score (nSPS) is 17.5. The molecule has 2 aromatic carbocycles. The molecule has 1 saturated heterocycles. The number of aryl methyl sites for hydroxylation is 1. The maximum absolute atomic E-state index is 13.8. The van der Waals surface area contributed by atoms with Gasteiger partial charge in [0.1, 0.15) is 5.82 Å². The molecule has 7 nitrogen and oxygen atoms in total. The van der Waals surface area contributed by atoms with E-state index in [-0.39, 0.29) is 29.2 Å². The van der Waals surface area contributed by atoms with E-state index < -0.39 is 5.82 Å². The summed E-state index contributed by atoms with van der Waals surface area (Å²) >= 11 is 5.78. The van der Waals surface area contributed by atoms with Crippen molar-refractivity contribution in [2.24, 2.45) is 7.05 Å². The van der Waals surface area contributed by atoms with Gasteiger partial charge in [-0.25, -0.2) is 9.18 Å². The van der Waals surface area contributed by atoms with E-state index in [1.54, 1.807) is 31.3 Å². The van der Waals surface area contributed by atoms with Gasteiger partial charge in [0.15, 0.2) is 0 Å². The molecule has 0 saturated carbocycles. The summed E-state index contributed by atoms with van der Waals surface area (Å²) in [5.41, 5.74) is 2.70. The van der Waals surface area contributed by atoms with Crippen LogP contribution in [-0.2, 0) is 11.8 Å². The fraction of sp³-hybridized carbons (Fsp3) is 0.333. The van der Waals surface area contributed by atoms with Crippen LogP contribution >= 0.6 is 11.6 Å². The lowest BCUT2D eigenvalue weighted by molar-refractivity contribution is -0.117. The molecule has 1 atom stereocenters. The summed E-state index contributed by atoms with van der Waals surface area (Å²) < 4.78 is 15.3. The monoisotopic (exact) mass is 431 g/mol. The number of H-pyrrole nitrogens is 1. The third-order valence-electron chi connectivity index (χ3n) is 5.50. The zero-order valence-electron chi connectivity index (χ0n) is 16.8. The molecule has 1 amide bonds. The first-order chi connectivity index (χ1) is 14.3. The maximum atomic E-state index is 13.8. The Labute approximate surface area is 178 Å². The second-order valence-electron chi connectivity index (χ2n) is 7.65. The number of carbonyl (C=O) groups is 1. The highest BCUT2D eigenvalue weighted by Crippen LogP contribution is 2.25. The molecule has 0 aliphatic carbocycles. The summed E-state index contributed by atoms with van der Waals surface area (Å²) in [6.07, 6.45) is 0. The highest BCUT2D eigenvalue weighted by molar-refractivity contribution is 6.30. The van der Waals surface area contributed by atoms with Gasteiger partial charge < -0.3 is 15.2 Å². The molecule has 9 heteroatoms. The lowest BCUT2D eigenvalue weighted by Gasteiger charge is -2.41. The fourth-order valence-electron chi connectivity index (χ4n) is 3.93. The second kappa shape index (κ2) is 8.12. The van der Waals surface area contributed by atoms with Crippen LogP contribution in [0.25, 0.3) is 11.0 Å². The van der Waals surface area contributed by atoms with Crippen molar-refractivity contribution in [3.63, 3.8) is 0 Å². The van der Waals surface area contributed by atoms with E-state index in [4.69, 9.17) is 11.6 Å². The molecule has 0 unspecified atom stereocenters. The molecule has 1 aliphatic heterocycles. The minimum absolute atomic E-state index is 0.111. The number of anilines is 2. The van der Waals surface area contributed by atoms with Gasteiger partial charge in [0.2, 0.25) is 5.91 Å². The van der Waals surface area contributed by atoms with Crippen molar-refractivity contribution in [2.45, 2.75) is 13.0 Å². The van der Waals surface area contributed by atoms with E-state index in [1.165, 1.54) is 10.6 Å². The number of benzene rings is 2. The van der Waals surface area contributed by atoms with Crippen molar-refractivity contribution in [1.29, 1.82) is 0 Å². The van der Waals surface area contributed by atoms with Crippen LogP contribution in [0.2, 0.25) is 5.02 Å². The number of nitrogens with zero attached hydrogens (tertiary/aromatic N) is 3. The Balaban J connectivity index is 1.37. The van der Waals surface area contributed by atoms with Crippen LogP contribution in [-0.4, -0.2) is 52.6 Å². The van der Waals surface area contributed by atoms with Crippen LogP contribution in [0.1, 0.15) is 6.92 Å². The van der Waals surface area contributed by atoms with Crippen LogP contribution < -0.4 is 15.9 Å². The number of carbonyl (C=O) groups excluding carboxylic acids is 1. The molecule has 1 aromatic heterocycles. The molecule has 0 radical (unpaired) electrons. The number of hydrogen-bond acceptors (Lipinski definition) is 4. The van der Waals surface area contributed by atoms with Crippen molar-refractivity contribution in [3.05, 3.63) is 57.7 Å². The molecule has 2 N–H and O–H groups in total. The largest absolute Gasteiger partial charge is 0.366 e. The Hall–Kier alpha value is -2.84. The number of amides is 1. The van der Waals surface area contributed by atoms with E-state index in [2.05, 4.69) is 27.0 Å². The number of aromatic amines is 1. The van der Waals surface area contributed by atoms with Crippen molar-refractivity contribution < 1.29 is 9.18 Å². The molecule has 0 bridgehead atoms. The topological polar surface area (TPSA) is 73.4 Å². The van der Waals surface area contributed by atoms with Crippen LogP contribution in [0.15, 0.2) is 41.2 Å². The molecule has 1 fully saturated rings. The molecule has 158 valence electrons. The van der Waals surface area contributed by atoms with Crippen LogP contribution in [0.3, 0.4) is 0 Å². The molecule has 0 spiro atoms. The predicted molar refractivity (Wildman–Crippen MR) is 117 cm³/mol. The van der Waals surface area contributed by atoms with Gasteiger partial charge in [0, 0.05) is 44.1 Å². The standard InChI is InChI=1S/C21H23ClFN5O2/c1-13-11-27(7-8-28(13)15-4-5-16(22)17(23)10-15)12-20(29)24-14-3-6-18-19(9-14)26(2)21(30)25-18/h3-6,9-10,13H,7-8,11-12H2,1-2H3,(H,24,29)(H,25,30)/t13-/m1/s1. The molecule has 2 heterocycles. The predicted octanol–water partition coefficient (Wildman–Crippen LogP) is 2.81. The first kappa shape index (κ1) is 20.4. The molecule has 3 aromatic rings. The van der Waals surface area contributed by atoms with Crippen molar-refractivity contribution in [3.8, 4) is 0 Å². The minimum atomic E-state index is -0.430. The zero-order chi connectivity index (χ0) is 21.4. The number of nitrogens with one attached hydrogen (secondary N) is 2. The summed E-state index contributed by atoms with van der Waals surface area (Å²) in [5.74, 6) is -0.548. The number of halogens is 2. The summed E-state index contributed by atoms with van der Waals surface area (Å²) in [6, 6.07) is 10.3. The summed E-state index contributed by atoms with van der Waals surface area (Å²) in [6.45, 7) is 4.37. The lowest BCUT2D eigenvalue weighted by atomic mass is 10.1. The Morgan fingerprint density at radius 3 is 2.80 bits per heavy atom. The van der Waals surface area contributed by atoms with Gasteiger partial charge in [-0.2, -0.15) is 0 Å². The van der Waals surface area contributed by atoms with Gasteiger partial charge in [0.25, 0.3) is 0 Å². The number of fused-ring (bicyclic) bond motifs is 1. The van der Waals surface area contributed by atoms with Crippen LogP contribution in [0.5, 0.6) is 0 Å². The number of hydrogen-bond donors (Lipinski definition) is 2. The van der Waals surface area contributed by atoms with E-state index >= 15 is 0 Å². The van der Waals surface area contributed by atoms with Crippen molar-refractivity contribution in [2.75, 3.05) is 36.4 Å². The number of piperazine rings is 1. The van der Waals surface area contributed by atoms with Gasteiger partial charge >= 0.3 is 5.69 Å². The number of rotatable bonds is 4. The quantitative estimate of drug-likeness (QED) is 0.666. The Bertz CT molecular complexity index is 1160. The Morgan fingerprint density at radius 1 is 1.27 bits per heavy atom. The smallest absolute Gasteiger partial charge is 0.326 e. The first-order valence-corrected chi connectivity index (χ1v) is 10.1. The SMILES string of the molecule is C[C@@H]1CN(CC(=O)Nc2ccc3[nH]c(=O)n(C)c3c2)CCN1c1ccc(Cl)c(F)c1. The van der Waals surface area contributed by atoms with Gasteiger partial charge in [-0.05, 0) is 43.3 Å². The van der Waals surface area contributed by atoms with Crippen molar-refractivity contribution in [1.82, 2.24) is 14.5 Å². The summed E-state index contributed by atoms with van der Waals surface area (Å²) in [5, 5.41) is 3.01. The molecular weight excluding hydrogens is 409 g/mol. The highest BCUT2D eigenvalue weighted by atomic mass is 35.5. The Morgan fingerprint density at radius 2 is 2.07 bits per heavy atom. The van der Waals surface area contributed by atoms with Gasteiger partial charge in [-0.3, -0.25) is 14.3 Å². The van der Waals surface area contributed by atoms with E-state index in [9.17, 15) is 14.0 Å². The average molecular weight is 432 g/mol. The maximum Gasteiger partial charge on any atom is 0.326 e. The van der Waals surface area contributed by atoms with Crippen molar-refractivity contribution >= 4 is 39.9 Å². The van der Waals surface area contributed by atoms with Gasteiger partial charge in [0.05, 0.1) is 22.6 Å². The van der Waals surface area contributed by atoms with E-state index in [0.717, 1.165) is 16.7 Å². The van der Waals surface area contributed by atoms with E-state index in [1.807, 2.05) is 6.07 Å². The zero-order valence-corrected chi connectivity index (χ0v) is 17.5. The van der Waals surface area contributed by atoms with Gasteiger partial charge in [-0.1, -0.05) is 11.6 Å². The third kappa shape index (κ3) is 4.06. The first-order valence-electron chi connectivity index (χ1n) is 9.74.